The molecule has 2 atom stereocenters. The van der Waals surface area contributed by atoms with E-state index in [0.717, 1.165) is 11.8 Å². The van der Waals surface area contributed by atoms with Crippen LogP contribution in [-0.2, 0) is 0 Å². The molecule has 76 valence electrons. The van der Waals surface area contributed by atoms with Gasteiger partial charge in [0.25, 0.3) is 0 Å². The first-order valence-electron chi connectivity index (χ1n) is 5.54. The first-order chi connectivity index (χ1) is 6.77. The van der Waals surface area contributed by atoms with Crippen LogP contribution in [0.1, 0.15) is 30.4 Å². The van der Waals surface area contributed by atoms with Gasteiger partial charge in [0.15, 0.2) is 0 Å². The Labute approximate surface area is 86.5 Å². The number of nitrogens with one attached hydrogen (secondary N) is 1. The van der Waals surface area contributed by atoms with Crippen LogP contribution in [0.15, 0.2) is 24.3 Å². The monoisotopic (exact) mass is 189 g/mol. The fraction of sp³-hybridized carbons (Fsp3) is 0.538. The third-order valence-electron chi connectivity index (χ3n) is 3.26. The zero-order valence-electron chi connectivity index (χ0n) is 9.09. The minimum absolute atomic E-state index is 0.760. The van der Waals surface area contributed by atoms with Crippen molar-refractivity contribution in [1.29, 1.82) is 0 Å². The van der Waals surface area contributed by atoms with Crippen LogP contribution in [0.3, 0.4) is 0 Å². The van der Waals surface area contributed by atoms with E-state index in [-0.39, 0.29) is 0 Å². The minimum atomic E-state index is 0.760. The highest BCUT2D eigenvalue weighted by molar-refractivity contribution is 5.26. The van der Waals surface area contributed by atoms with Gasteiger partial charge in [0.1, 0.15) is 0 Å². The second-order valence-electron chi connectivity index (χ2n) is 4.49. The molecular formula is C13H19N. The second-order valence-corrected chi connectivity index (χ2v) is 4.49. The lowest BCUT2D eigenvalue weighted by atomic mass is 9.82. The minimum Gasteiger partial charge on any atom is -0.316 e. The number of rotatable bonds is 1. The van der Waals surface area contributed by atoms with Gasteiger partial charge in [-0.05, 0) is 43.8 Å². The van der Waals surface area contributed by atoms with Crippen LogP contribution < -0.4 is 5.32 Å². The maximum atomic E-state index is 3.45. The van der Waals surface area contributed by atoms with E-state index in [9.17, 15) is 0 Å². The van der Waals surface area contributed by atoms with Crippen molar-refractivity contribution in [3.8, 4) is 0 Å². The molecule has 1 aliphatic rings. The van der Waals surface area contributed by atoms with E-state index in [2.05, 4.69) is 43.4 Å². The van der Waals surface area contributed by atoms with Gasteiger partial charge >= 0.3 is 0 Å². The van der Waals surface area contributed by atoms with E-state index < -0.39 is 0 Å². The van der Waals surface area contributed by atoms with E-state index >= 15 is 0 Å². The maximum Gasteiger partial charge on any atom is -0.00173 e. The van der Waals surface area contributed by atoms with Gasteiger partial charge in [0, 0.05) is 0 Å². The average Bonchev–Trinajstić information content (AvgIpc) is 2.18. The molecule has 0 amide bonds. The highest BCUT2D eigenvalue weighted by Crippen LogP contribution is 2.30. The molecule has 0 saturated carbocycles. The van der Waals surface area contributed by atoms with Crippen molar-refractivity contribution in [1.82, 2.24) is 5.32 Å². The molecule has 1 fully saturated rings. The van der Waals surface area contributed by atoms with Crippen molar-refractivity contribution in [2.45, 2.75) is 26.2 Å². The van der Waals surface area contributed by atoms with Gasteiger partial charge in [-0.3, -0.25) is 0 Å². The molecule has 1 saturated heterocycles. The van der Waals surface area contributed by atoms with Crippen LogP contribution >= 0.6 is 0 Å². The molecule has 1 aromatic rings. The lowest BCUT2D eigenvalue weighted by molar-refractivity contribution is 0.349. The molecule has 0 aromatic heterocycles. The predicted molar refractivity (Wildman–Crippen MR) is 60.6 cm³/mol. The fourth-order valence-electron chi connectivity index (χ4n) is 2.41. The summed E-state index contributed by atoms with van der Waals surface area (Å²) >= 11 is 0. The molecule has 1 aromatic carbocycles. The number of hydrogen-bond donors (Lipinski definition) is 1. The molecule has 1 aliphatic heterocycles. The molecule has 1 nitrogen and oxygen atoms in total. The number of aryl methyl sites for hydroxylation is 1. The first-order valence-corrected chi connectivity index (χ1v) is 5.54. The second kappa shape index (κ2) is 4.14. The first kappa shape index (κ1) is 9.72. The van der Waals surface area contributed by atoms with Crippen LogP contribution in [0.25, 0.3) is 0 Å². The third kappa shape index (κ3) is 1.98. The van der Waals surface area contributed by atoms with E-state index in [4.69, 9.17) is 0 Å². The van der Waals surface area contributed by atoms with Crippen molar-refractivity contribution in [2.24, 2.45) is 5.92 Å². The van der Waals surface area contributed by atoms with Gasteiger partial charge in [-0.25, -0.2) is 0 Å². The van der Waals surface area contributed by atoms with Crippen LogP contribution in [0.5, 0.6) is 0 Å². The predicted octanol–water partition coefficient (Wildman–Crippen LogP) is 2.71. The van der Waals surface area contributed by atoms with Crippen molar-refractivity contribution in [2.75, 3.05) is 13.1 Å². The van der Waals surface area contributed by atoms with Crippen molar-refractivity contribution >= 4 is 0 Å². The molecule has 0 unspecified atom stereocenters. The van der Waals surface area contributed by atoms with Crippen LogP contribution in [-0.4, -0.2) is 13.1 Å². The number of benzene rings is 1. The zero-order valence-corrected chi connectivity index (χ0v) is 9.09. The highest BCUT2D eigenvalue weighted by atomic mass is 14.9. The zero-order chi connectivity index (χ0) is 9.97. The summed E-state index contributed by atoms with van der Waals surface area (Å²) in [5.41, 5.74) is 2.91. The highest BCUT2D eigenvalue weighted by Gasteiger charge is 2.22. The quantitative estimate of drug-likeness (QED) is 0.716. The Morgan fingerprint density at radius 3 is 2.93 bits per heavy atom. The molecule has 14 heavy (non-hydrogen) atoms. The van der Waals surface area contributed by atoms with Crippen molar-refractivity contribution in [3.05, 3.63) is 35.4 Å². The average molecular weight is 189 g/mol. The van der Waals surface area contributed by atoms with Crippen LogP contribution in [0.4, 0.5) is 0 Å². The summed E-state index contributed by atoms with van der Waals surface area (Å²) in [6, 6.07) is 8.97. The molecule has 1 heterocycles. The standard InChI is InChI=1S/C13H19N/c1-10-4-3-5-12(8-10)13-6-7-14-9-11(13)2/h3-5,8,11,13-14H,6-7,9H2,1-2H3/t11-,13-/m0/s1. The van der Waals surface area contributed by atoms with Crippen LogP contribution in [0.2, 0.25) is 0 Å². The normalized spacial score (nSPS) is 27.6. The van der Waals surface area contributed by atoms with E-state index in [1.165, 1.54) is 30.6 Å². The lowest BCUT2D eigenvalue weighted by Crippen LogP contribution is -2.33. The number of piperidine rings is 1. The summed E-state index contributed by atoms with van der Waals surface area (Å²) in [4.78, 5) is 0. The molecule has 0 bridgehead atoms. The van der Waals surface area contributed by atoms with Gasteiger partial charge in [-0.2, -0.15) is 0 Å². The van der Waals surface area contributed by atoms with E-state index in [1.807, 2.05) is 0 Å². The SMILES string of the molecule is Cc1cccc([C@H]2CCNC[C@@H]2C)c1. The Bertz CT molecular complexity index is 306. The molecule has 0 spiro atoms. The molecule has 2 rings (SSSR count). The van der Waals surface area contributed by atoms with Gasteiger partial charge in [0.2, 0.25) is 0 Å². The fourth-order valence-corrected chi connectivity index (χ4v) is 2.41. The lowest BCUT2D eigenvalue weighted by Gasteiger charge is -2.30. The Hall–Kier alpha value is -0.820. The molecule has 0 aliphatic carbocycles. The van der Waals surface area contributed by atoms with Gasteiger partial charge in [-0.15, -0.1) is 0 Å². The van der Waals surface area contributed by atoms with Crippen molar-refractivity contribution < 1.29 is 0 Å². The van der Waals surface area contributed by atoms with Gasteiger partial charge in [0.05, 0.1) is 0 Å². The molecule has 0 radical (unpaired) electrons. The Morgan fingerprint density at radius 1 is 1.36 bits per heavy atom. The summed E-state index contributed by atoms with van der Waals surface area (Å²) in [6.45, 7) is 6.86. The summed E-state index contributed by atoms with van der Waals surface area (Å²) in [5.74, 6) is 1.53. The van der Waals surface area contributed by atoms with Gasteiger partial charge in [-0.1, -0.05) is 36.8 Å². The van der Waals surface area contributed by atoms with E-state index in [1.54, 1.807) is 0 Å². The van der Waals surface area contributed by atoms with Gasteiger partial charge < -0.3 is 5.32 Å². The molecular weight excluding hydrogens is 170 g/mol. The Kier molecular flexibility index (Phi) is 2.87. The van der Waals surface area contributed by atoms with Crippen LogP contribution in [0, 0.1) is 12.8 Å². The topological polar surface area (TPSA) is 12.0 Å². The Balaban J connectivity index is 2.20. The molecule has 1 N–H and O–H groups in total. The largest absolute Gasteiger partial charge is 0.316 e. The number of hydrogen-bond acceptors (Lipinski definition) is 1. The summed E-state index contributed by atoms with van der Waals surface area (Å²) in [5, 5.41) is 3.45. The van der Waals surface area contributed by atoms with Crippen molar-refractivity contribution in [3.63, 3.8) is 0 Å². The molecule has 1 heteroatoms. The van der Waals surface area contributed by atoms with E-state index in [0.29, 0.717) is 0 Å². The maximum absolute atomic E-state index is 3.45. The summed E-state index contributed by atoms with van der Waals surface area (Å²) in [7, 11) is 0. The third-order valence-corrected chi connectivity index (χ3v) is 3.26. The summed E-state index contributed by atoms with van der Waals surface area (Å²) < 4.78 is 0. The smallest absolute Gasteiger partial charge is 0.00173 e. The summed E-state index contributed by atoms with van der Waals surface area (Å²) in [6.07, 6.45) is 1.28. The Morgan fingerprint density at radius 2 is 2.21 bits per heavy atom.